The summed E-state index contributed by atoms with van der Waals surface area (Å²) in [7, 11) is -3.84. The lowest BCUT2D eigenvalue weighted by Gasteiger charge is -2.14. The van der Waals surface area contributed by atoms with Crippen LogP contribution in [0.15, 0.2) is 0 Å². The molecular formula is C18H40Cl2O7Si2. The topological polar surface area (TPSA) is 64.6 Å². The summed E-state index contributed by atoms with van der Waals surface area (Å²) < 4.78 is 38.3. The quantitative estimate of drug-likeness (QED) is 0.129. The highest BCUT2D eigenvalue weighted by molar-refractivity contribution is 7.15. The molecule has 29 heavy (non-hydrogen) atoms. The third kappa shape index (κ3) is 28.7. The molecule has 0 aliphatic heterocycles. The van der Waals surface area contributed by atoms with Gasteiger partial charge in [-0.1, -0.05) is 0 Å². The van der Waals surface area contributed by atoms with Crippen LogP contribution < -0.4 is 0 Å². The second-order valence-corrected chi connectivity index (χ2v) is 18.7. The summed E-state index contributed by atoms with van der Waals surface area (Å²) in [5.74, 6) is 0. The number of rotatable bonds is 22. The molecular weight excluding hydrogens is 455 g/mol. The molecule has 0 aromatic heterocycles. The van der Waals surface area contributed by atoms with Gasteiger partial charge in [0, 0.05) is 26.4 Å². The largest absolute Gasteiger partial charge is 0.403 e. The zero-order valence-electron chi connectivity index (χ0n) is 18.5. The fourth-order valence-electron chi connectivity index (χ4n) is 1.93. The Morgan fingerprint density at radius 3 is 0.897 bits per heavy atom. The van der Waals surface area contributed by atoms with Crippen LogP contribution in [0.3, 0.4) is 0 Å². The van der Waals surface area contributed by atoms with Gasteiger partial charge in [0.2, 0.25) is 0 Å². The summed E-state index contributed by atoms with van der Waals surface area (Å²) in [6, 6.07) is 0. The van der Waals surface area contributed by atoms with Crippen molar-refractivity contribution < 1.29 is 32.5 Å². The molecule has 0 atom stereocenters. The van der Waals surface area contributed by atoms with Gasteiger partial charge >= 0.3 is 0 Å². The van der Waals surface area contributed by atoms with Gasteiger partial charge in [-0.3, -0.25) is 0 Å². The molecule has 0 bridgehead atoms. The molecule has 7 nitrogen and oxygen atoms in total. The SMILES string of the molecule is C[Si](C)(Cl)OCCCOCCOCCOCCOCCOCCCO[Si](C)(C)Cl. The molecule has 11 heteroatoms. The van der Waals surface area contributed by atoms with Crippen LogP contribution in [-0.4, -0.2) is 94.5 Å². The highest BCUT2D eigenvalue weighted by Gasteiger charge is 2.17. The molecule has 0 unspecified atom stereocenters. The van der Waals surface area contributed by atoms with Crippen LogP contribution in [0.2, 0.25) is 26.2 Å². The number of hydrogen-bond donors (Lipinski definition) is 0. The van der Waals surface area contributed by atoms with Gasteiger partial charge in [0.25, 0.3) is 15.3 Å². The minimum atomic E-state index is -1.92. The maximum atomic E-state index is 6.06. The monoisotopic (exact) mass is 494 g/mol. The van der Waals surface area contributed by atoms with E-state index in [2.05, 4.69) is 0 Å². The van der Waals surface area contributed by atoms with Crippen LogP contribution in [0.1, 0.15) is 12.8 Å². The summed E-state index contributed by atoms with van der Waals surface area (Å²) in [6.07, 6.45) is 1.69. The zero-order chi connectivity index (χ0) is 21.8. The molecule has 0 amide bonds. The average Bonchev–Trinajstić information content (AvgIpc) is 2.61. The number of halogens is 2. The lowest BCUT2D eigenvalue weighted by atomic mass is 10.5. The van der Waals surface area contributed by atoms with E-state index in [4.69, 9.17) is 54.7 Å². The molecule has 0 spiro atoms. The van der Waals surface area contributed by atoms with Gasteiger partial charge in [0.05, 0.1) is 52.9 Å². The first-order chi connectivity index (χ1) is 13.7. The first kappa shape index (κ1) is 29.7. The van der Waals surface area contributed by atoms with E-state index in [0.717, 1.165) is 12.8 Å². The molecule has 0 fully saturated rings. The van der Waals surface area contributed by atoms with Crippen LogP contribution in [0.4, 0.5) is 0 Å². The van der Waals surface area contributed by atoms with E-state index in [0.29, 0.717) is 79.3 Å². The van der Waals surface area contributed by atoms with Crippen molar-refractivity contribution in [1.82, 2.24) is 0 Å². The molecule has 0 aromatic carbocycles. The van der Waals surface area contributed by atoms with E-state index >= 15 is 0 Å². The van der Waals surface area contributed by atoms with Crippen molar-refractivity contribution in [3.8, 4) is 0 Å². The van der Waals surface area contributed by atoms with Crippen molar-refractivity contribution in [2.45, 2.75) is 39.0 Å². The summed E-state index contributed by atoms with van der Waals surface area (Å²) in [4.78, 5) is 0. The van der Waals surface area contributed by atoms with Gasteiger partial charge in [-0.25, -0.2) is 0 Å². The molecule has 176 valence electrons. The molecule has 0 radical (unpaired) electrons. The Bertz CT molecular complexity index is 324. The van der Waals surface area contributed by atoms with E-state index < -0.39 is 15.3 Å². The van der Waals surface area contributed by atoms with Crippen LogP contribution in [0.25, 0.3) is 0 Å². The molecule has 0 rings (SSSR count). The van der Waals surface area contributed by atoms with Gasteiger partial charge in [0.1, 0.15) is 0 Å². The van der Waals surface area contributed by atoms with Gasteiger partial charge in [-0.2, -0.15) is 0 Å². The maximum absolute atomic E-state index is 6.06. The van der Waals surface area contributed by atoms with Crippen molar-refractivity contribution in [3.63, 3.8) is 0 Å². The standard InChI is InChI=1S/C18H40Cl2O7Si2/c1-28(2,19)26-9-5-7-21-11-13-23-15-17-25-18-16-24-14-12-22-8-6-10-27-29(3,4)20/h5-18H2,1-4H3. The maximum Gasteiger partial charge on any atom is 0.283 e. The van der Waals surface area contributed by atoms with Crippen LogP contribution in [0.5, 0.6) is 0 Å². The van der Waals surface area contributed by atoms with Crippen LogP contribution in [0, 0.1) is 0 Å². The first-order valence-corrected chi connectivity index (χ1v) is 18.1. The smallest absolute Gasteiger partial charge is 0.283 e. The summed E-state index contributed by atoms with van der Waals surface area (Å²) in [6.45, 7) is 14.9. The Hall–Kier alpha value is 0.734. The summed E-state index contributed by atoms with van der Waals surface area (Å²) in [5.41, 5.74) is 0. The first-order valence-electron chi connectivity index (χ1n) is 10.3. The fourth-order valence-corrected chi connectivity index (χ4v) is 3.66. The third-order valence-corrected chi connectivity index (χ3v) is 5.68. The minimum absolute atomic E-state index is 0.545. The lowest BCUT2D eigenvalue weighted by Crippen LogP contribution is -2.23. The van der Waals surface area contributed by atoms with Crippen LogP contribution in [-0.2, 0) is 32.5 Å². The molecule has 0 saturated carbocycles. The van der Waals surface area contributed by atoms with Crippen molar-refractivity contribution >= 4 is 37.4 Å². The summed E-state index contributed by atoms with van der Waals surface area (Å²) in [5, 5.41) is 0. The molecule has 0 aromatic rings. The molecule has 0 N–H and O–H groups in total. The molecule has 0 heterocycles. The predicted octanol–water partition coefficient (Wildman–Crippen LogP) is 3.76. The summed E-state index contributed by atoms with van der Waals surface area (Å²) >= 11 is 12.1. The molecule has 0 aliphatic rings. The number of hydrogen-bond acceptors (Lipinski definition) is 7. The Morgan fingerprint density at radius 2 is 0.655 bits per heavy atom. The van der Waals surface area contributed by atoms with Crippen molar-refractivity contribution in [1.29, 1.82) is 0 Å². The van der Waals surface area contributed by atoms with E-state index in [-0.39, 0.29) is 0 Å². The second kappa shape index (κ2) is 19.4. The second-order valence-electron chi connectivity index (χ2n) is 7.19. The van der Waals surface area contributed by atoms with Crippen molar-refractivity contribution in [3.05, 3.63) is 0 Å². The van der Waals surface area contributed by atoms with Crippen LogP contribution >= 0.6 is 22.2 Å². The van der Waals surface area contributed by atoms with Crippen molar-refractivity contribution in [2.24, 2.45) is 0 Å². The van der Waals surface area contributed by atoms with Crippen molar-refractivity contribution in [2.75, 3.05) is 79.3 Å². The Balaban J connectivity index is 3.07. The van der Waals surface area contributed by atoms with Gasteiger partial charge in [-0.15, -0.1) is 22.2 Å². The highest BCUT2D eigenvalue weighted by Crippen LogP contribution is 2.09. The van der Waals surface area contributed by atoms with Gasteiger partial charge in [0.15, 0.2) is 0 Å². The Kier molecular flexibility index (Phi) is 19.9. The number of ether oxygens (including phenoxy) is 5. The van der Waals surface area contributed by atoms with E-state index in [1.165, 1.54) is 0 Å². The molecule has 0 saturated heterocycles. The Labute approximate surface area is 188 Å². The Morgan fingerprint density at radius 1 is 0.414 bits per heavy atom. The minimum Gasteiger partial charge on any atom is -0.403 e. The normalized spacial score (nSPS) is 12.6. The third-order valence-electron chi connectivity index (χ3n) is 3.24. The average molecular weight is 496 g/mol. The lowest BCUT2D eigenvalue weighted by molar-refractivity contribution is -0.0121. The highest BCUT2D eigenvalue weighted by atomic mass is 35.6. The van der Waals surface area contributed by atoms with Gasteiger partial charge < -0.3 is 32.5 Å². The predicted molar refractivity (Wildman–Crippen MR) is 122 cm³/mol. The van der Waals surface area contributed by atoms with E-state index in [9.17, 15) is 0 Å². The van der Waals surface area contributed by atoms with E-state index in [1.807, 2.05) is 26.2 Å². The van der Waals surface area contributed by atoms with E-state index in [1.54, 1.807) is 0 Å². The zero-order valence-corrected chi connectivity index (χ0v) is 22.0. The fraction of sp³-hybridized carbons (Fsp3) is 1.00. The van der Waals surface area contributed by atoms with Gasteiger partial charge in [-0.05, 0) is 39.0 Å². The molecule has 0 aliphatic carbocycles.